The van der Waals surface area contributed by atoms with E-state index >= 15 is 0 Å². The maximum atomic E-state index is 11.9. The van der Waals surface area contributed by atoms with E-state index < -0.39 is 0 Å². The fourth-order valence-electron chi connectivity index (χ4n) is 1.86. The molecule has 0 aliphatic rings. The molecule has 1 atom stereocenters. The van der Waals surface area contributed by atoms with Crippen LogP contribution >= 0.6 is 11.8 Å². The molecular formula is C15H20N4OS. The van der Waals surface area contributed by atoms with Crippen LogP contribution in [0.2, 0.25) is 0 Å². The minimum Gasteiger partial charge on any atom is -0.355 e. The molecule has 0 radical (unpaired) electrons. The highest BCUT2D eigenvalue weighted by molar-refractivity contribution is 8.00. The normalized spacial score (nSPS) is 12.1. The summed E-state index contributed by atoms with van der Waals surface area (Å²) >= 11 is 1.42. The number of hydrogen-bond donors (Lipinski definition) is 1. The molecule has 1 amide bonds. The van der Waals surface area contributed by atoms with Crippen molar-refractivity contribution >= 4 is 17.7 Å². The molecule has 1 aromatic carbocycles. The van der Waals surface area contributed by atoms with Crippen molar-refractivity contribution in [2.24, 2.45) is 7.05 Å². The van der Waals surface area contributed by atoms with Crippen LogP contribution in [0.15, 0.2) is 35.5 Å². The van der Waals surface area contributed by atoms with E-state index in [1.54, 1.807) is 0 Å². The molecule has 2 aromatic rings. The van der Waals surface area contributed by atoms with E-state index in [0.717, 1.165) is 23.0 Å². The van der Waals surface area contributed by atoms with Crippen LogP contribution in [0.3, 0.4) is 0 Å². The van der Waals surface area contributed by atoms with Gasteiger partial charge < -0.3 is 9.88 Å². The van der Waals surface area contributed by atoms with Crippen LogP contribution in [0.5, 0.6) is 0 Å². The first-order valence-electron chi connectivity index (χ1n) is 7.02. The van der Waals surface area contributed by atoms with Crippen molar-refractivity contribution in [1.29, 1.82) is 0 Å². The molecule has 0 saturated carbocycles. The lowest BCUT2D eigenvalue weighted by atomic mass is 10.2. The third-order valence-electron chi connectivity index (χ3n) is 3.07. The van der Waals surface area contributed by atoms with Gasteiger partial charge in [0.05, 0.1) is 5.25 Å². The molecular weight excluding hydrogens is 284 g/mol. The van der Waals surface area contributed by atoms with Gasteiger partial charge in [0, 0.05) is 19.2 Å². The first kappa shape index (κ1) is 15.6. The predicted molar refractivity (Wildman–Crippen MR) is 85.1 cm³/mol. The molecule has 21 heavy (non-hydrogen) atoms. The zero-order valence-electron chi connectivity index (χ0n) is 12.5. The largest absolute Gasteiger partial charge is 0.355 e. The second-order valence-electron chi connectivity index (χ2n) is 4.78. The maximum Gasteiger partial charge on any atom is 0.233 e. The zero-order chi connectivity index (χ0) is 15.2. The average Bonchev–Trinajstić information content (AvgIpc) is 2.86. The molecule has 0 saturated heterocycles. The van der Waals surface area contributed by atoms with E-state index in [1.807, 2.05) is 55.8 Å². The fourth-order valence-corrected chi connectivity index (χ4v) is 2.70. The Bertz CT molecular complexity index is 597. The van der Waals surface area contributed by atoms with Crippen molar-refractivity contribution in [2.75, 3.05) is 6.54 Å². The highest BCUT2D eigenvalue weighted by atomic mass is 32.2. The number of carbonyl (C=O) groups is 1. The van der Waals surface area contributed by atoms with E-state index in [-0.39, 0.29) is 11.2 Å². The van der Waals surface area contributed by atoms with Crippen molar-refractivity contribution < 1.29 is 4.79 Å². The molecule has 1 aromatic heterocycles. The lowest BCUT2D eigenvalue weighted by Crippen LogP contribution is -2.31. The molecule has 6 heteroatoms. The van der Waals surface area contributed by atoms with Crippen molar-refractivity contribution in [3.05, 3.63) is 30.3 Å². The van der Waals surface area contributed by atoms with Gasteiger partial charge in [-0.3, -0.25) is 4.79 Å². The molecule has 0 fully saturated rings. The third-order valence-corrected chi connectivity index (χ3v) is 4.20. The van der Waals surface area contributed by atoms with Crippen LogP contribution in [-0.2, 0) is 11.8 Å². The van der Waals surface area contributed by atoms with Gasteiger partial charge in [-0.25, -0.2) is 0 Å². The Labute approximate surface area is 129 Å². The summed E-state index contributed by atoms with van der Waals surface area (Å²) in [6.07, 6.45) is 0.936. The van der Waals surface area contributed by atoms with E-state index in [0.29, 0.717) is 6.54 Å². The van der Waals surface area contributed by atoms with E-state index in [9.17, 15) is 4.79 Å². The molecule has 0 aliphatic carbocycles. The van der Waals surface area contributed by atoms with Crippen molar-refractivity contribution in [3.8, 4) is 11.4 Å². The molecule has 1 N–H and O–H groups in total. The molecule has 0 unspecified atom stereocenters. The summed E-state index contributed by atoms with van der Waals surface area (Å²) in [6, 6.07) is 9.90. The Balaban J connectivity index is 2.09. The molecule has 0 spiro atoms. The topological polar surface area (TPSA) is 59.8 Å². The number of benzene rings is 1. The monoisotopic (exact) mass is 304 g/mol. The van der Waals surface area contributed by atoms with Crippen LogP contribution in [0, 0.1) is 0 Å². The summed E-state index contributed by atoms with van der Waals surface area (Å²) in [6.45, 7) is 4.62. The second kappa shape index (κ2) is 7.26. The molecule has 5 nitrogen and oxygen atoms in total. The molecule has 0 bridgehead atoms. The number of hydrogen-bond acceptors (Lipinski definition) is 4. The Morgan fingerprint density at radius 2 is 2.05 bits per heavy atom. The fraction of sp³-hybridized carbons (Fsp3) is 0.400. The summed E-state index contributed by atoms with van der Waals surface area (Å²) < 4.78 is 1.92. The zero-order valence-corrected chi connectivity index (χ0v) is 13.4. The van der Waals surface area contributed by atoms with Gasteiger partial charge in [-0.1, -0.05) is 49.0 Å². The van der Waals surface area contributed by atoms with Gasteiger partial charge in [0.1, 0.15) is 0 Å². The van der Waals surface area contributed by atoms with E-state index in [4.69, 9.17) is 0 Å². The number of aromatic nitrogens is 3. The highest BCUT2D eigenvalue weighted by Gasteiger charge is 2.18. The highest BCUT2D eigenvalue weighted by Crippen LogP contribution is 2.25. The lowest BCUT2D eigenvalue weighted by molar-refractivity contribution is -0.120. The summed E-state index contributed by atoms with van der Waals surface area (Å²) in [5.41, 5.74) is 1.02. The van der Waals surface area contributed by atoms with Gasteiger partial charge >= 0.3 is 0 Å². The second-order valence-corrected chi connectivity index (χ2v) is 6.09. The Morgan fingerprint density at radius 3 is 2.71 bits per heavy atom. The van der Waals surface area contributed by atoms with E-state index in [1.165, 1.54) is 11.8 Å². The molecule has 1 heterocycles. The standard InChI is InChI=1S/C15H20N4OS/c1-4-10-16-14(20)11(2)21-15-18-17-13(19(15)3)12-8-6-5-7-9-12/h5-9,11H,4,10H2,1-3H3,(H,16,20)/t11-/m0/s1. The van der Waals surface area contributed by atoms with Gasteiger partial charge in [-0.15, -0.1) is 10.2 Å². The Morgan fingerprint density at radius 1 is 1.33 bits per heavy atom. The van der Waals surface area contributed by atoms with Crippen molar-refractivity contribution in [1.82, 2.24) is 20.1 Å². The number of carbonyl (C=O) groups excluding carboxylic acids is 1. The van der Waals surface area contributed by atoms with Crippen molar-refractivity contribution in [3.63, 3.8) is 0 Å². The van der Waals surface area contributed by atoms with Gasteiger partial charge in [0.25, 0.3) is 0 Å². The van der Waals surface area contributed by atoms with Crippen LogP contribution in [-0.4, -0.2) is 32.5 Å². The van der Waals surface area contributed by atoms with Crippen molar-refractivity contribution in [2.45, 2.75) is 30.7 Å². The van der Waals surface area contributed by atoms with Gasteiger partial charge in [-0.05, 0) is 13.3 Å². The smallest absolute Gasteiger partial charge is 0.233 e. The summed E-state index contributed by atoms with van der Waals surface area (Å²) in [4.78, 5) is 11.9. The Kier molecular flexibility index (Phi) is 5.38. The third kappa shape index (κ3) is 3.85. The van der Waals surface area contributed by atoms with Crippen LogP contribution in [0.1, 0.15) is 20.3 Å². The summed E-state index contributed by atoms with van der Waals surface area (Å²) in [7, 11) is 1.92. The number of nitrogens with zero attached hydrogens (tertiary/aromatic N) is 3. The van der Waals surface area contributed by atoms with E-state index in [2.05, 4.69) is 15.5 Å². The lowest BCUT2D eigenvalue weighted by Gasteiger charge is -2.11. The van der Waals surface area contributed by atoms with Gasteiger partial charge in [-0.2, -0.15) is 0 Å². The molecule has 112 valence electrons. The predicted octanol–water partition coefficient (Wildman–Crippen LogP) is 2.49. The maximum absolute atomic E-state index is 11.9. The first-order chi connectivity index (χ1) is 10.1. The number of thioether (sulfide) groups is 1. The van der Waals surface area contributed by atoms with Gasteiger partial charge in [0.2, 0.25) is 5.91 Å². The molecule has 2 rings (SSSR count). The van der Waals surface area contributed by atoms with Crippen LogP contribution in [0.25, 0.3) is 11.4 Å². The molecule has 0 aliphatic heterocycles. The first-order valence-corrected chi connectivity index (χ1v) is 7.90. The number of amides is 1. The minimum absolute atomic E-state index is 0.0334. The van der Waals surface area contributed by atoms with Crippen LogP contribution in [0.4, 0.5) is 0 Å². The minimum atomic E-state index is -0.192. The SMILES string of the molecule is CCCNC(=O)[C@H](C)Sc1nnc(-c2ccccc2)n1C. The Hall–Kier alpha value is -1.82. The van der Waals surface area contributed by atoms with Crippen LogP contribution < -0.4 is 5.32 Å². The quantitative estimate of drug-likeness (QED) is 0.833. The summed E-state index contributed by atoms with van der Waals surface area (Å²) in [5, 5.41) is 11.9. The van der Waals surface area contributed by atoms with Gasteiger partial charge in [0.15, 0.2) is 11.0 Å². The number of rotatable bonds is 6. The summed E-state index contributed by atoms with van der Waals surface area (Å²) in [5.74, 6) is 0.838. The number of nitrogens with one attached hydrogen (secondary N) is 1. The average molecular weight is 304 g/mol.